The lowest BCUT2D eigenvalue weighted by molar-refractivity contribution is 0.505. The summed E-state index contributed by atoms with van der Waals surface area (Å²) in [5, 5.41) is 0. The SMILES string of the molecule is Cc1cc(NNC(=S)S)c(C)o1. The molecule has 0 amide bonds. The van der Waals surface area contributed by atoms with E-state index in [1.165, 1.54) is 0 Å². The van der Waals surface area contributed by atoms with Gasteiger partial charge in [-0.3, -0.25) is 10.9 Å². The molecule has 0 unspecified atom stereocenters. The molecule has 1 rings (SSSR count). The van der Waals surface area contributed by atoms with Crippen LogP contribution >= 0.6 is 24.8 Å². The lowest BCUT2D eigenvalue weighted by Crippen LogP contribution is -2.23. The number of nitrogens with one attached hydrogen (secondary N) is 2. The average molecular weight is 202 g/mol. The number of thiol groups is 1. The van der Waals surface area contributed by atoms with Gasteiger partial charge in [0.1, 0.15) is 15.8 Å². The molecular weight excluding hydrogens is 192 g/mol. The summed E-state index contributed by atoms with van der Waals surface area (Å²) >= 11 is 8.60. The van der Waals surface area contributed by atoms with E-state index in [-0.39, 0.29) is 0 Å². The first-order valence-corrected chi connectivity index (χ1v) is 4.27. The van der Waals surface area contributed by atoms with Crippen molar-refractivity contribution in [3.8, 4) is 0 Å². The second kappa shape index (κ2) is 3.82. The molecule has 3 nitrogen and oxygen atoms in total. The largest absolute Gasteiger partial charge is 0.464 e. The van der Waals surface area contributed by atoms with E-state index < -0.39 is 0 Å². The van der Waals surface area contributed by atoms with E-state index in [0.717, 1.165) is 17.2 Å². The number of anilines is 1. The molecule has 0 spiro atoms. The van der Waals surface area contributed by atoms with Gasteiger partial charge in [-0.2, -0.15) is 0 Å². The average Bonchev–Trinajstić information content (AvgIpc) is 2.26. The minimum atomic E-state index is 0.397. The zero-order chi connectivity index (χ0) is 9.14. The first kappa shape index (κ1) is 9.41. The van der Waals surface area contributed by atoms with Gasteiger partial charge in [0.25, 0.3) is 0 Å². The Balaban J connectivity index is 2.62. The predicted molar refractivity (Wildman–Crippen MR) is 56.5 cm³/mol. The maximum absolute atomic E-state index is 5.28. The molecule has 0 fully saturated rings. The van der Waals surface area contributed by atoms with Crippen molar-refractivity contribution in [1.82, 2.24) is 5.43 Å². The Bertz CT molecular complexity index is 296. The van der Waals surface area contributed by atoms with Gasteiger partial charge in [0.2, 0.25) is 0 Å². The Hall–Kier alpha value is -0.680. The van der Waals surface area contributed by atoms with Crippen LogP contribution in [-0.2, 0) is 0 Å². The molecule has 0 bridgehead atoms. The first-order chi connectivity index (χ1) is 5.59. The monoisotopic (exact) mass is 202 g/mol. The Labute approximate surface area is 81.9 Å². The van der Waals surface area contributed by atoms with Crippen molar-refractivity contribution >= 4 is 34.9 Å². The van der Waals surface area contributed by atoms with Gasteiger partial charge >= 0.3 is 0 Å². The van der Waals surface area contributed by atoms with E-state index in [0.29, 0.717) is 4.32 Å². The van der Waals surface area contributed by atoms with Crippen LogP contribution in [0.25, 0.3) is 0 Å². The topological polar surface area (TPSA) is 37.2 Å². The lowest BCUT2D eigenvalue weighted by atomic mass is 10.4. The Morgan fingerprint density at radius 2 is 2.25 bits per heavy atom. The van der Waals surface area contributed by atoms with E-state index >= 15 is 0 Å². The highest BCUT2D eigenvalue weighted by Gasteiger charge is 2.02. The fraction of sp³-hybridized carbons (Fsp3) is 0.286. The summed E-state index contributed by atoms with van der Waals surface area (Å²) in [6, 6.07) is 1.88. The minimum Gasteiger partial charge on any atom is -0.464 e. The zero-order valence-electron chi connectivity index (χ0n) is 6.84. The zero-order valence-corrected chi connectivity index (χ0v) is 8.55. The van der Waals surface area contributed by atoms with Crippen molar-refractivity contribution in [3.63, 3.8) is 0 Å². The van der Waals surface area contributed by atoms with Crippen LogP contribution in [0.3, 0.4) is 0 Å². The van der Waals surface area contributed by atoms with Gasteiger partial charge in [-0.1, -0.05) is 12.2 Å². The van der Waals surface area contributed by atoms with E-state index in [1.807, 2.05) is 19.9 Å². The molecule has 0 radical (unpaired) electrons. The van der Waals surface area contributed by atoms with Gasteiger partial charge in [-0.25, -0.2) is 0 Å². The van der Waals surface area contributed by atoms with Crippen molar-refractivity contribution in [2.45, 2.75) is 13.8 Å². The van der Waals surface area contributed by atoms with Crippen LogP contribution in [0, 0.1) is 13.8 Å². The number of thiocarbonyl (C=S) groups is 1. The van der Waals surface area contributed by atoms with E-state index in [4.69, 9.17) is 16.6 Å². The van der Waals surface area contributed by atoms with Crippen LogP contribution in [-0.4, -0.2) is 4.32 Å². The number of hydrazine groups is 1. The normalized spacial score (nSPS) is 9.58. The standard InChI is InChI=1S/C7H10N2OS2/c1-4-3-6(5(2)10-4)8-9-7(11)12/h3,8H,1-2H3,(H2,9,11,12). The van der Waals surface area contributed by atoms with Gasteiger partial charge in [0.05, 0.1) is 5.69 Å². The van der Waals surface area contributed by atoms with Gasteiger partial charge in [-0.15, -0.1) is 12.6 Å². The maximum Gasteiger partial charge on any atom is 0.149 e. The van der Waals surface area contributed by atoms with E-state index in [9.17, 15) is 0 Å². The Morgan fingerprint density at radius 1 is 1.58 bits per heavy atom. The van der Waals surface area contributed by atoms with E-state index in [2.05, 4.69) is 23.5 Å². The first-order valence-electron chi connectivity index (χ1n) is 3.41. The van der Waals surface area contributed by atoms with Crippen LogP contribution in [0.1, 0.15) is 11.5 Å². The van der Waals surface area contributed by atoms with Crippen LogP contribution in [0.15, 0.2) is 10.5 Å². The Kier molecular flexibility index (Phi) is 2.99. The molecule has 0 aliphatic heterocycles. The fourth-order valence-corrected chi connectivity index (χ4v) is 0.983. The minimum absolute atomic E-state index is 0.397. The summed E-state index contributed by atoms with van der Waals surface area (Å²) in [6.45, 7) is 3.76. The Morgan fingerprint density at radius 3 is 2.67 bits per heavy atom. The molecule has 1 aromatic rings. The number of hydrogen-bond donors (Lipinski definition) is 3. The summed E-state index contributed by atoms with van der Waals surface area (Å²) in [6.07, 6.45) is 0. The molecule has 1 aromatic heterocycles. The summed E-state index contributed by atoms with van der Waals surface area (Å²) in [4.78, 5) is 0. The fourth-order valence-electron chi connectivity index (χ4n) is 0.876. The third-order valence-electron chi connectivity index (χ3n) is 1.35. The summed E-state index contributed by atoms with van der Waals surface area (Å²) in [5.74, 6) is 1.69. The van der Waals surface area contributed by atoms with E-state index in [1.54, 1.807) is 0 Å². The molecule has 0 aliphatic rings. The number of furan rings is 1. The van der Waals surface area contributed by atoms with Crippen molar-refractivity contribution in [2.24, 2.45) is 0 Å². The lowest BCUT2D eigenvalue weighted by Gasteiger charge is -2.04. The molecule has 66 valence electrons. The smallest absolute Gasteiger partial charge is 0.149 e. The number of rotatable bonds is 2. The number of aryl methyl sites for hydroxylation is 2. The predicted octanol–water partition coefficient (Wildman–Crippen LogP) is 2.03. The van der Waals surface area contributed by atoms with Crippen molar-refractivity contribution < 1.29 is 4.42 Å². The molecule has 5 heteroatoms. The molecule has 0 saturated heterocycles. The van der Waals surface area contributed by atoms with Crippen molar-refractivity contribution in [3.05, 3.63) is 17.6 Å². The third-order valence-corrected chi connectivity index (χ3v) is 1.56. The molecule has 12 heavy (non-hydrogen) atoms. The summed E-state index contributed by atoms with van der Waals surface area (Å²) < 4.78 is 5.67. The molecule has 0 aliphatic carbocycles. The summed E-state index contributed by atoms with van der Waals surface area (Å²) in [7, 11) is 0. The molecule has 1 heterocycles. The van der Waals surface area contributed by atoms with Crippen LogP contribution in [0.5, 0.6) is 0 Å². The van der Waals surface area contributed by atoms with Gasteiger partial charge < -0.3 is 4.42 Å². The third kappa shape index (κ3) is 2.42. The molecule has 0 atom stereocenters. The maximum atomic E-state index is 5.28. The number of hydrogen-bond acceptors (Lipinski definition) is 3. The summed E-state index contributed by atoms with van der Waals surface area (Å²) in [5.41, 5.74) is 6.45. The highest BCUT2D eigenvalue weighted by molar-refractivity contribution is 8.11. The second-order valence-electron chi connectivity index (χ2n) is 2.38. The second-order valence-corrected chi connectivity index (χ2v) is 3.54. The molecule has 0 aromatic carbocycles. The van der Waals surface area contributed by atoms with Crippen LogP contribution in [0.4, 0.5) is 5.69 Å². The van der Waals surface area contributed by atoms with Crippen molar-refractivity contribution in [1.29, 1.82) is 0 Å². The molecule has 0 saturated carbocycles. The highest BCUT2D eigenvalue weighted by atomic mass is 32.1. The molecular formula is C7H10N2OS2. The molecule has 2 N–H and O–H groups in total. The van der Waals surface area contributed by atoms with Crippen LogP contribution < -0.4 is 10.9 Å². The van der Waals surface area contributed by atoms with Crippen molar-refractivity contribution in [2.75, 3.05) is 5.43 Å². The van der Waals surface area contributed by atoms with Gasteiger partial charge in [0, 0.05) is 6.07 Å². The van der Waals surface area contributed by atoms with Crippen LogP contribution in [0.2, 0.25) is 0 Å². The highest BCUT2D eigenvalue weighted by Crippen LogP contribution is 2.17. The van der Waals surface area contributed by atoms with Gasteiger partial charge in [0.15, 0.2) is 0 Å². The van der Waals surface area contributed by atoms with Gasteiger partial charge in [-0.05, 0) is 13.8 Å². The quantitative estimate of drug-likeness (QED) is 0.390.